The first kappa shape index (κ1) is 14.9. The molecule has 0 saturated heterocycles. The van der Waals surface area contributed by atoms with Crippen molar-refractivity contribution in [2.45, 2.75) is 32.9 Å². The minimum Gasteiger partial charge on any atom is -0.494 e. The quantitative estimate of drug-likeness (QED) is 0.812. The second-order valence-electron chi connectivity index (χ2n) is 4.57. The van der Waals surface area contributed by atoms with E-state index in [0.717, 1.165) is 6.54 Å². The molecule has 0 spiro atoms. The molecular weight excluding hydrogens is 233 g/mol. The average molecular weight is 255 g/mol. The molecule has 0 aliphatic rings. The van der Waals surface area contributed by atoms with Crippen molar-refractivity contribution in [3.63, 3.8) is 0 Å². The van der Waals surface area contributed by atoms with E-state index >= 15 is 0 Å². The molecule has 0 saturated carbocycles. The van der Waals surface area contributed by atoms with Crippen LogP contribution < -0.4 is 4.74 Å². The SMILES string of the molecule is COc1cccc(CN(CCCO)C(C)C)c1F. The van der Waals surface area contributed by atoms with Crippen molar-refractivity contribution < 1.29 is 14.2 Å². The number of rotatable bonds is 7. The van der Waals surface area contributed by atoms with Crippen molar-refractivity contribution in [1.29, 1.82) is 0 Å². The molecule has 0 radical (unpaired) electrons. The van der Waals surface area contributed by atoms with Gasteiger partial charge in [0.15, 0.2) is 11.6 Å². The lowest BCUT2D eigenvalue weighted by molar-refractivity contribution is 0.182. The van der Waals surface area contributed by atoms with Crippen LogP contribution in [0.3, 0.4) is 0 Å². The third-order valence-corrected chi connectivity index (χ3v) is 2.97. The number of halogens is 1. The van der Waals surface area contributed by atoms with Crippen molar-refractivity contribution in [2.75, 3.05) is 20.3 Å². The van der Waals surface area contributed by atoms with Gasteiger partial charge in [-0.3, -0.25) is 4.90 Å². The molecule has 1 aromatic rings. The molecule has 0 aliphatic heterocycles. The summed E-state index contributed by atoms with van der Waals surface area (Å²) in [5, 5.41) is 8.88. The first-order valence-electron chi connectivity index (χ1n) is 6.26. The van der Waals surface area contributed by atoms with E-state index in [1.165, 1.54) is 7.11 Å². The monoisotopic (exact) mass is 255 g/mol. The largest absolute Gasteiger partial charge is 0.494 e. The molecule has 3 nitrogen and oxygen atoms in total. The zero-order valence-corrected chi connectivity index (χ0v) is 11.3. The first-order valence-corrected chi connectivity index (χ1v) is 6.26. The minimum atomic E-state index is -0.297. The molecule has 0 amide bonds. The Labute approximate surface area is 108 Å². The minimum absolute atomic E-state index is 0.157. The van der Waals surface area contributed by atoms with Crippen LogP contribution in [0.4, 0.5) is 4.39 Å². The smallest absolute Gasteiger partial charge is 0.169 e. The maximum Gasteiger partial charge on any atom is 0.169 e. The van der Waals surface area contributed by atoms with E-state index in [4.69, 9.17) is 9.84 Å². The number of ether oxygens (including phenoxy) is 1. The number of methoxy groups -OCH3 is 1. The summed E-state index contributed by atoms with van der Waals surface area (Å²) in [5.41, 5.74) is 0.626. The molecule has 0 aromatic heterocycles. The van der Waals surface area contributed by atoms with E-state index in [9.17, 15) is 4.39 Å². The molecular formula is C14H22FNO2. The standard InChI is InChI=1S/C14H22FNO2/c1-11(2)16(8-5-9-17)10-12-6-4-7-13(18-3)14(12)15/h4,6-7,11,17H,5,8-10H2,1-3H3. The Morgan fingerprint density at radius 2 is 2.11 bits per heavy atom. The van der Waals surface area contributed by atoms with Gasteiger partial charge >= 0.3 is 0 Å². The molecule has 1 aromatic carbocycles. The maximum atomic E-state index is 14.0. The van der Waals surface area contributed by atoms with Crippen molar-refractivity contribution in [3.8, 4) is 5.75 Å². The molecule has 0 bridgehead atoms. The van der Waals surface area contributed by atoms with Gasteiger partial charge in [-0.2, -0.15) is 0 Å². The van der Waals surface area contributed by atoms with Crippen LogP contribution >= 0.6 is 0 Å². The molecule has 0 atom stereocenters. The number of nitrogens with zero attached hydrogens (tertiary/aromatic N) is 1. The Hall–Kier alpha value is -1.13. The number of aliphatic hydroxyl groups excluding tert-OH is 1. The lowest BCUT2D eigenvalue weighted by atomic mass is 10.1. The summed E-state index contributed by atoms with van der Waals surface area (Å²) in [6.45, 7) is 5.57. The molecule has 0 aliphatic carbocycles. The second-order valence-corrected chi connectivity index (χ2v) is 4.57. The van der Waals surface area contributed by atoms with E-state index in [1.54, 1.807) is 18.2 Å². The van der Waals surface area contributed by atoms with Gasteiger partial charge in [-0.1, -0.05) is 12.1 Å². The van der Waals surface area contributed by atoms with Gasteiger partial charge in [-0.05, 0) is 26.3 Å². The number of hydrogen-bond acceptors (Lipinski definition) is 3. The lowest BCUT2D eigenvalue weighted by Gasteiger charge is -2.26. The van der Waals surface area contributed by atoms with Crippen molar-refractivity contribution in [3.05, 3.63) is 29.6 Å². The molecule has 0 fully saturated rings. The van der Waals surface area contributed by atoms with Gasteiger partial charge in [0.05, 0.1) is 7.11 Å². The van der Waals surface area contributed by atoms with Crippen LogP contribution in [-0.4, -0.2) is 36.3 Å². The Morgan fingerprint density at radius 1 is 1.39 bits per heavy atom. The number of hydrogen-bond donors (Lipinski definition) is 1. The summed E-state index contributed by atoms with van der Waals surface area (Å²) in [5.74, 6) is -0.0204. The molecule has 0 unspecified atom stereocenters. The first-order chi connectivity index (χ1) is 8.60. The maximum absolute atomic E-state index is 14.0. The third-order valence-electron chi connectivity index (χ3n) is 2.97. The summed E-state index contributed by atoms with van der Waals surface area (Å²) in [7, 11) is 1.47. The van der Waals surface area contributed by atoms with E-state index in [2.05, 4.69) is 18.7 Å². The van der Waals surface area contributed by atoms with E-state index in [0.29, 0.717) is 24.6 Å². The van der Waals surface area contributed by atoms with Gasteiger partial charge in [-0.15, -0.1) is 0 Å². The van der Waals surface area contributed by atoms with Crippen LogP contribution in [0.2, 0.25) is 0 Å². The second kappa shape index (κ2) is 7.34. The van der Waals surface area contributed by atoms with Gasteiger partial charge in [0.1, 0.15) is 0 Å². The summed E-state index contributed by atoms with van der Waals surface area (Å²) < 4.78 is 19.0. The van der Waals surface area contributed by atoms with E-state index < -0.39 is 0 Å². The van der Waals surface area contributed by atoms with Crippen LogP contribution in [0.5, 0.6) is 5.75 Å². The van der Waals surface area contributed by atoms with E-state index in [-0.39, 0.29) is 18.2 Å². The van der Waals surface area contributed by atoms with Gasteiger partial charge in [0, 0.05) is 31.3 Å². The predicted octanol–water partition coefficient (Wildman–Crippen LogP) is 2.43. The lowest BCUT2D eigenvalue weighted by Crippen LogP contribution is -2.32. The van der Waals surface area contributed by atoms with E-state index in [1.807, 2.05) is 0 Å². The Bertz CT molecular complexity index is 369. The van der Waals surface area contributed by atoms with Crippen LogP contribution in [-0.2, 0) is 6.54 Å². The Balaban J connectivity index is 2.80. The summed E-state index contributed by atoms with van der Waals surface area (Å²) >= 11 is 0. The van der Waals surface area contributed by atoms with Crippen molar-refractivity contribution in [1.82, 2.24) is 4.90 Å². The molecule has 18 heavy (non-hydrogen) atoms. The predicted molar refractivity (Wildman–Crippen MR) is 70.2 cm³/mol. The van der Waals surface area contributed by atoms with Gasteiger partial charge in [-0.25, -0.2) is 4.39 Å². The molecule has 4 heteroatoms. The zero-order chi connectivity index (χ0) is 13.5. The fraction of sp³-hybridized carbons (Fsp3) is 0.571. The van der Waals surface area contributed by atoms with Crippen LogP contribution in [0.15, 0.2) is 18.2 Å². The molecule has 1 rings (SSSR count). The van der Waals surface area contributed by atoms with Crippen molar-refractivity contribution in [2.24, 2.45) is 0 Å². The number of benzene rings is 1. The highest BCUT2D eigenvalue weighted by Gasteiger charge is 2.14. The van der Waals surface area contributed by atoms with Crippen molar-refractivity contribution >= 4 is 0 Å². The zero-order valence-electron chi connectivity index (χ0n) is 11.3. The fourth-order valence-electron chi connectivity index (χ4n) is 1.85. The van der Waals surface area contributed by atoms with Crippen LogP contribution in [0.1, 0.15) is 25.8 Å². The Morgan fingerprint density at radius 3 is 2.67 bits per heavy atom. The van der Waals surface area contributed by atoms with Gasteiger partial charge < -0.3 is 9.84 Å². The highest BCUT2D eigenvalue weighted by molar-refractivity contribution is 5.31. The fourth-order valence-corrected chi connectivity index (χ4v) is 1.85. The highest BCUT2D eigenvalue weighted by atomic mass is 19.1. The van der Waals surface area contributed by atoms with Crippen LogP contribution in [0, 0.1) is 5.82 Å². The average Bonchev–Trinajstić information content (AvgIpc) is 2.36. The normalized spacial score (nSPS) is 11.3. The summed E-state index contributed by atoms with van der Waals surface area (Å²) in [6, 6.07) is 5.49. The molecule has 0 heterocycles. The highest BCUT2D eigenvalue weighted by Crippen LogP contribution is 2.21. The molecule has 102 valence electrons. The Kier molecular flexibility index (Phi) is 6.09. The summed E-state index contributed by atoms with van der Waals surface area (Å²) in [6.07, 6.45) is 0.698. The van der Waals surface area contributed by atoms with Crippen LogP contribution in [0.25, 0.3) is 0 Å². The van der Waals surface area contributed by atoms with Gasteiger partial charge in [0.25, 0.3) is 0 Å². The van der Waals surface area contributed by atoms with Gasteiger partial charge in [0.2, 0.25) is 0 Å². The topological polar surface area (TPSA) is 32.7 Å². The summed E-state index contributed by atoms with van der Waals surface area (Å²) in [4.78, 5) is 2.13. The molecule has 1 N–H and O–H groups in total. The third kappa shape index (κ3) is 3.96. The number of aliphatic hydroxyl groups is 1.